The first-order valence-corrected chi connectivity index (χ1v) is 13.6. The first-order chi connectivity index (χ1) is 19.4. The van der Waals surface area contributed by atoms with E-state index in [4.69, 9.17) is 21.1 Å². The second kappa shape index (κ2) is 12.3. The fourth-order valence-corrected chi connectivity index (χ4v) is 4.95. The highest BCUT2D eigenvalue weighted by Gasteiger charge is 2.33. The second-order valence-corrected chi connectivity index (χ2v) is 10.1. The molecule has 8 nitrogen and oxygen atoms in total. The van der Waals surface area contributed by atoms with Crippen LogP contribution in [0.1, 0.15) is 46.3 Å². The van der Waals surface area contributed by atoms with E-state index < -0.39 is 11.9 Å². The van der Waals surface area contributed by atoms with Crippen LogP contribution in [0.5, 0.6) is 11.5 Å². The summed E-state index contributed by atoms with van der Waals surface area (Å²) in [7, 11) is 1.54. The maximum Gasteiger partial charge on any atom is 0.329 e. The Labute approximate surface area is 238 Å². The van der Waals surface area contributed by atoms with Crippen molar-refractivity contribution < 1.29 is 23.9 Å². The molecule has 2 fully saturated rings. The van der Waals surface area contributed by atoms with Crippen molar-refractivity contribution in [3.8, 4) is 11.5 Å². The van der Waals surface area contributed by atoms with Crippen LogP contribution in [-0.4, -0.2) is 47.8 Å². The van der Waals surface area contributed by atoms with E-state index in [1.54, 1.807) is 48.5 Å². The average Bonchev–Trinajstić information content (AvgIpc) is 3.25. The van der Waals surface area contributed by atoms with E-state index in [-0.39, 0.29) is 18.1 Å². The number of urea groups is 1. The molecule has 2 aliphatic heterocycles. The van der Waals surface area contributed by atoms with Gasteiger partial charge in [-0.25, -0.2) is 4.79 Å². The maximum atomic E-state index is 12.9. The van der Waals surface area contributed by atoms with Gasteiger partial charge in [0.25, 0.3) is 11.8 Å². The zero-order valence-corrected chi connectivity index (χ0v) is 22.9. The summed E-state index contributed by atoms with van der Waals surface area (Å²) in [5.74, 6) is 0.644. The number of halogens is 1. The van der Waals surface area contributed by atoms with Crippen LogP contribution in [0.3, 0.4) is 0 Å². The monoisotopic (exact) mass is 559 g/mol. The van der Waals surface area contributed by atoms with Gasteiger partial charge < -0.3 is 19.7 Å². The molecule has 5 rings (SSSR count). The molecule has 0 unspecified atom stereocenters. The summed E-state index contributed by atoms with van der Waals surface area (Å²) in [6, 6.07) is 19.3. The molecular weight excluding hydrogens is 530 g/mol. The molecule has 0 bridgehead atoms. The standard InChI is InChI=1S/C31H30ClN3O5/c1-39-28-18-22(17-26-30(37)35(31(38)33-26)19-24-7-3-4-8-25(24)32)11-14-27(28)40-20-21-9-12-23(13-10-21)29(36)34-15-5-2-6-16-34/h3-4,7-14,17-18H,2,5-6,15-16,19-20H2,1H3,(H,33,38)/b26-17-. The minimum Gasteiger partial charge on any atom is -0.493 e. The number of hydrogen-bond acceptors (Lipinski definition) is 5. The third-order valence-electron chi connectivity index (χ3n) is 6.99. The van der Waals surface area contributed by atoms with Crippen LogP contribution in [0.4, 0.5) is 4.79 Å². The van der Waals surface area contributed by atoms with Crippen molar-refractivity contribution in [2.24, 2.45) is 0 Å². The number of benzene rings is 3. The number of amides is 4. The molecule has 3 aromatic rings. The number of nitrogens with one attached hydrogen (secondary N) is 1. The van der Waals surface area contributed by atoms with E-state index in [2.05, 4.69) is 5.32 Å². The Bertz CT molecular complexity index is 1450. The molecular formula is C31H30ClN3O5. The van der Waals surface area contributed by atoms with E-state index in [1.165, 1.54) is 13.5 Å². The minimum absolute atomic E-state index is 0.0717. The van der Waals surface area contributed by atoms with E-state index in [1.807, 2.05) is 29.2 Å². The smallest absolute Gasteiger partial charge is 0.329 e. The summed E-state index contributed by atoms with van der Waals surface area (Å²) in [5.41, 5.74) is 3.10. The van der Waals surface area contributed by atoms with Crippen LogP contribution in [-0.2, 0) is 17.9 Å². The van der Waals surface area contributed by atoms with Crippen LogP contribution in [0.15, 0.2) is 72.4 Å². The molecule has 2 aliphatic rings. The summed E-state index contributed by atoms with van der Waals surface area (Å²) in [4.78, 5) is 41.1. The Kier molecular flexibility index (Phi) is 8.36. The quantitative estimate of drug-likeness (QED) is 0.285. The molecule has 1 N–H and O–H groups in total. The first-order valence-electron chi connectivity index (χ1n) is 13.2. The van der Waals surface area contributed by atoms with Gasteiger partial charge in [-0.3, -0.25) is 14.5 Å². The average molecular weight is 560 g/mol. The molecule has 0 atom stereocenters. The lowest BCUT2D eigenvalue weighted by Gasteiger charge is -2.26. The Morgan fingerprint density at radius 3 is 2.45 bits per heavy atom. The van der Waals surface area contributed by atoms with Crippen LogP contribution in [0.2, 0.25) is 5.02 Å². The molecule has 3 aromatic carbocycles. The molecule has 0 aromatic heterocycles. The third-order valence-corrected chi connectivity index (χ3v) is 7.35. The molecule has 0 radical (unpaired) electrons. The van der Waals surface area contributed by atoms with Gasteiger partial charge in [0.05, 0.1) is 13.7 Å². The van der Waals surface area contributed by atoms with Crippen LogP contribution in [0, 0.1) is 0 Å². The number of hydrogen-bond donors (Lipinski definition) is 1. The van der Waals surface area contributed by atoms with Gasteiger partial charge in [-0.05, 0) is 72.4 Å². The Morgan fingerprint density at radius 2 is 1.73 bits per heavy atom. The van der Waals surface area contributed by atoms with Gasteiger partial charge >= 0.3 is 6.03 Å². The molecule has 2 heterocycles. The molecule has 206 valence electrons. The largest absolute Gasteiger partial charge is 0.493 e. The van der Waals surface area contributed by atoms with Crippen molar-refractivity contribution in [2.45, 2.75) is 32.4 Å². The summed E-state index contributed by atoms with van der Waals surface area (Å²) in [5, 5.41) is 3.12. The van der Waals surface area contributed by atoms with Crippen LogP contribution in [0.25, 0.3) is 6.08 Å². The number of ether oxygens (including phenoxy) is 2. The molecule has 0 spiro atoms. The van der Waals surface area contributed by atoms with E-state index in [0.717, 1.165) is 36.4 Å². The normalized spacial score (nSPS) is 16.3. The topological polar surface area (TPSA) is 88.2 Å². The Balaban J connectivity index is 1.23. The predicted molar refractivity (Wildman–Crippen MR) is 152 cm³/mol. The number of carbonyl (C=O) groups excluding carboxylic acids is 3. The zero-order chi connectivity index (χ0) is 28.1. The molecule has 4 amide bonds. The molecule has 2 saturated heterocycles. The Hall–Kier alpha value is -4.30. The van der Waals surface area contributed by atoms with Crippen molar-refractivity contribution >= 4 is 35.5 Å². The third kappa shape index (κ3) is 6.13. The van der Waals surface area contributed by atoms with E-state index in [0.29, 0.717) is 39.8 Å². The SMILES string of the molecule is COc1cc(/C=C2\NC(=O)N(Cc3ccccc3Cl)C2=O)ccc1OCc1ccc(C(=O)N2CCCCC2)cc1. The number of likely N-dealkylation sites (tertiary alicyclic amines) is 1. The van der Waals surface area contributed by atoms with E-state index in [9.17, 15) is 14.4 Å². The number of carbonyl (C=O) groups is 3. The summed E-state index contributed by atoms with van der Waals surface area (Å²) in [6.07, 6.45) is 4.89. The summed E-state index contributed by atoms with van der Waals surface area (Å²) >= 11 is 6.20. The van der Waals surface area contributed by atoms with Gasteiger partial charge in [-0.15, -0.1) is 0 Å². The lowest BCUT2D eigenvalue weighted by molar-refractivity contribution is -0.123. The van der Waals surface area contributed by atoms with Gasteiger partial charge in [0.1, 0.15) is 12.3 Å². The Morgan fingerprint density at radius 1 is 0.975 bits per heavy atom. The number of methoxy groups -OCH3 is 1. The zero-order valence-electron chi connectivity index (χ0n) is 22.2. The molecule has 0 aliphatic carbocycles. The van der Waals surface area contributed by atoms with Crippen molar-refractivity contribution in [1.82, 2.24) is 15.1 Å². The van der Waals surface area contributed by atoms with Crippen molar-refractivity contribution in [3.05, 3.63) is 99.7 Å². The maximum absolute atomic E-state index is 12.9. The lowest BCUT2D eigenvalue weighted by Crippen LogP contribution is -2.35. The van der Waals surface area contributed by atoms with Gasteiger partial charge in [0.15, 0.2) is 11.5 Å². The van der Waals surface area contributed by atoms with Crippen molar-refractivity contribution in [2.75, 3.05) is 20.2 Å². The second-order valence-electron chi connectivity index (χ2n) is 9.72. The highest BCUT2D eigenvalue weighted by Crippen LogP contribution is 2.30. The van der Waals surface area contributed by atoms with Gasteiger partial charge in [-0.2, -0.15) is 0 Å². The van der Waals surface area contributed by atoms with Gasteiger partial charge in [0.2, 0.25) is 0 Å². The molecule has 9 heteroatoms. The fraction of sp³-hybridized carbons (Fsp3) is 0.258. The highest BCUT2D eigenvalue weighted by molar-refractivity contribution is 6.31. The number of rotatable bonds is 8. The molecule has 40 heavy (non-hydrogen) atoms. The number of imide groups is 1. The highest BCUT2D eigenvalue weighted by atomic mass is 35.5. The van der Waals surface area contributed by atoms with Gasteiger partial charge in [0, 0.05) is 23.7 Å². The van der Waals surface area contributed by atoms with Crippen molar-refractivity contribution in [3.63, 3.8) is 0 Å². The van der Waals surface area contributed by atoms with E-state index >= 15 is 0 Å². The van der Waals surface area contributed by atoms with Crippen LogP contribution >= 0.6 is 11.6 Å². The van der Waals surface area contributed by atoms with Crippen LogP contribution < -0.4 is 14.8 Å². The first kappa shape index (κ1) is 27.3. The summed E-state index contributed by atoms with van der Waals surface area (Å²) in [6.45, 7) is 2.00. The fourth-order valence-electron chi connectivity index (χ4n) is 4.76. The van der Waals surface area contributed by atoms with Gasteiger partial charge in [-0.1, -0.05) is 48.0 Å². The minimum atomic E-state index is -0.508. The van der Waals surface area contributed by atoms with Crippen molar-refractivity contribution in [1.29, 1.82) is 0 Å². The summed E-state index contributed by atoms with van der Waals surface area (Å²) < 4.78 is 11.5. The number of nitrogens with zero attached hydrogens (tertiary/aromatic N) is 2. The lowest BCUT2D eigenvalue weighted by atomic mass is 10.1. The predicted octanol–water partition coefficient (Wildman–Crippen LogP) is 5.65. The molecule has 0 saturated carbocycles. The number of piperidine rings is 1.